The molecule has 0 spiro atoms. The van der Waals surface area contributed by atoms with Crippen molar-refractivity contribution in [3.05, 3.63) is 119 Å². The van der Waals surface area contributed by atoms with E-state index in [1.165, 1.54) is 18.2 Å². The van der Waals surface area contributed by atoms with Crippen molar-refractivity contribution in [2.45, 2.75) is 19.8 Å². The van der Waals surface area contributed by atoms with Crippen LogP contribution in [0.1, 0.15) is 37.6 Å². The van der Waals surface area contributed by atoms with Gasteiger partial charge >= 0.3 is 5.97 Å². The number of rotatable bonds is 8. The van der Waals surface area contributed by atoms with Crippen LogP contribution in [0.4, 0.5) is 10.2 Å². The van der Waals surface area contributed by atoms with E-state index in [4.69, 9.17) is 4.42 Å². The number of aromatic carboxylic acids is 1. The minimum Gasteiger partial charge on any atom is -0.478 e. The summed E-state index contributed by atoms with van der Waals surface area (Å²) in [7, 11) is 0. The van der Waals surface area contributed by atoms with Gasteiger partial charge in [0, 0.05) is 49.7 Å². The van der Waals surface area contributed by atoms with E-state index >= 15 is 0 Å². The first kappa shape index (κ1) is 28.8. The van der Waals surface area contributed by atoms with Crippen molar-refractivity contribution in [2.24, 2.45) is 0 Å². The van der Waals surface area contributed by atoms with Crippen LogP contribution < -0.4 is 4.90 Å². The molecule has 1 aliphatic rings. The molecule has 1 amide bonds. The summed E-state index contributed by atoms with van der Waals surface area (Å²) in [5.41, 5.74) is 4.34. The Balaban J connectivity index is 1.07. The zero-order valence-electron chi connectivity index (χ0n) is 24.1. The monoisotopic (exact) mass is 591 g/mol. The molecule has 0 radical (unpaired) electrons. The third kappa shape index (κ3) is 5.94. The number of piperazine rings is 1. The Labute approximate surface area is 253 Å². The molecule has 2 aromatic heterocycles. The lowest BCUT2D eigenvalue weighted by Gasteiger charge is -2.35. The number of carbonyl (C=O) groups excluding carboxylic acids is 2. The SMILES string of the molecule is Cc1c(C(=O)Cc2ccc(N3CCN(C(=O)Cc4ccccc4C(=O)O)CC3)nc2)oc2ccc(-c3cccc(F)c3)cc12. The number of anilines is 1. The van der Waals surface area contributed by atoms with Gasteiger partial charge in [-0.2, -0.15) is 0 Å². The van der Waals surface area contributed by atoms with Gasteiger partial charge in [-0.25, -0.2) is 14.2 Å². The van der Waals surface area contributed by atoms with Crippen LogP contribution in [0.2, 0.25) is 0 Å². The molecule has 1 fully saturated rings. The van der Waals surface area contributed by atoms with Crippen LogP contribution in [0.3, 0.4) is 0 Å². The summed E-state index contributed by atoms with van der Waals surface area (Å²) in [4.78, 5) is 46.0. The zero-order chi connectivity index (χ0) is 30.8. The van der Waals surface area contributed by atoms with Crippen molar-refractivity contribution >= 4 is 34.4 Å². The molecule has 0 aliphatic carbocycles. The number of carboxylic acid groups (broad SMARTS) is 1. The van der Waals surface area contributed by atoms with Crippen molar-refractivity contribution < 1.29 is 28.3 Å². The minimum absolute atomic E-state index is 0.0440. The van der Waals surface area contributed by atoms with Gasteiger partial charge in [0.05, 0.1) is 12.0 Å². The van der Waals surface area contributed by atoms with Gasteiger partial charge in [-0.3, -0.25) is 9.59 Å². The third-order valence-corrected chi connectivity index (χ3v) is 8.07. The van der Waals surface area contributed by atoms with Crippen molar-refractivity contribution in [3.8, 4) is 11.1 Å². The Bertz CT molecular complexity index is 1870. The minimum atomic E-state index is -1.04. The topological polar surface area (TPSA) is 104 Å². The Morgan fingerprint density at radius 3 is 2.39 bits per heavy atom. The predicted molar refractivity (Wildman–Crippen MR) is 165 cm³/mol. The molecule has 0 atom stereocenters. The number of nitrogens with zero attached hydrogens (tertiary/aromatic N) is 3. The van der Waals surface area contributed by atoms with E-state index in [1.54, 1.807) is 41.4 Å². The number of fused-ring (bicyclic) bond motifs is 1. The number of aryl methyl sites for hydroxylation is 1. The molecule has 6 rings (SSSR count). The number of carboxylic acids is 1. The number of hydrogen-bond acceptors (Lipinski definition) is 6. The Hall–Kier alpha value is -5.31. The first-order valence-corrected chi connectivity index (χ1v) is 14.4. The molecule has 0 saturated carbocycles. The summed E-state index contributed by atoms with van der Waals surface area (Å²) in [6, 6.07) is 22.3. The summed E-state index contributed by atoms with van der Waals surface area (Å²) < 4.78 is 19.7. The summed E-state index contributed by atoms with van der Waals surface area (Å²) in [5, 5.41) is 10.2. The highest BCUT2D eigenvalue weighted by Crippen LogP contribution is 2.31. The average molecular weight is 592 g/mol. The summed E-state index contributed by atoms with van der Waals surface area (Å²) in [6.07, 6.45) is 1.86. The largest absolute Gasteiger partial charge is 0.478 e. The molecule has 5 aromatic rings. The molecule has 222 valence electrons. The maximum absolute atomic E-state index is 13.7. The van der Waals surface area contributed by atoms with Crippen molar-refractivity contribution in [1.82, 2.24) is 9.88 Å². The smallest absolute Gasteiger partial charge is 0.335 e. The molecule has 1 N–H and O–H groups in total. The van der Waals surface area contributed by atoms with Crippen LogP contribution >= 0.6 is 0 Å². The molecule has 44 heavy (non-hydrogen) atoms. The van der Waals surface area contributed by atoms with E-state index in [0.29, 0.717) is 43.1 Å². The van der Waals surface area contributed by atoms with Gasteiger partial charge in [0.25, 0.3) is 0 Å². The highest BCUT2D eigenvalue weighted by atomic mass is 19.1. The van der Waals surface area contributed by atoms with Gasteiger partial charge in [-0.05, 0) is 65.6 Å². The lowest BCUT2D eigenvalue weighted by Crippen LogP contribution is -2.49. The summed E-state index contributed by atoms with van der Waals surface area (Å²) in [6.45, 7) is 4.04. The van der Waals surface area contributed by atoms with E-state index in [0.717, 1.165) is 33.5 Å². The van der Waals surface area contributed by atoms with E-state index in [9.17, 15) is 23.9 Å². The maximum Gasteiger partial charge on any atom is 0.335 e. The van der Waals surface area contributed by atoms with Crippen LogP contribution in [0.5, 0.6) is 0 Å². The number of carbonyl (C=O) groups is 3. The maximum atomic E-state index is 13.7. The quantitative estimate of drug-likeness (QED) is 0.222. The second kappa shape index (κ2) is 12.1. The molecule has 1 saturated heterocycles. The van der Waals surface area contributed by atoms with E-state index < -0.39 is 5.97 Å². The normalized spacial score (nSPS) is 13.3. The molecule has 3 heterocycles. The zero-order valence-corrected chi connectivity index (χ0v) is 24.1. The van der Waals surface area contributed by atoms with Gasteiger partial charge in [0.15, 0.2) is 5.76 Å². The second-order valence-corrected chi connectivity index (χ2v) is 10.9. The van der Waals surface area contributed by atoms with Crippen LogP contribution in [0, 0.1) is 12.7 Å². The van der Waals surface area contributed by atoms with Crippen molar-refractivity contribution in [3.63, 3.8) is 0 Å². The number of ketones is 1. The molecule has 0 unspecified atom stereocenters. The fourth-order valence-electron chi connectivity index (χ4n) is 5.65. The van der Waals surface area contributed by atoms with Gasteiger partial charge in [0.1, 0.15) is 17.2 Å². The number of furan rings is 1. The summed E-state index contributed by atoms with van der Waals surface area (Å²) >= 11 is 0. The Kier molecular flexibility index (Phi) is 7.93. The first-order valence-electron chi connectivity index (χ1n) is 14.4. The van der Waals surface area contributed by atoms with E-state index in [2.05, 4.69) is 9.88 Å². The lowest BCUT2D eigenvalue weighted by atomic mass is 10.0. The van der Waals surface area contributed by atoms with Crippen molar-refractivity contribution in [1.29, 1.82) is 0 Å². The van der Waals surface area contributed by atoms with Gasteiger partial charge in [-0.1, -0.05) is 42.5 Å². The van der Waals surface area contributed by atoms with Gasteiger partial charge < -0.3 is 19.3 Å². The fraction of sp³-hybridized carbons (Fsp3) is 0.200. The van der Waals surface area contributed by atoms with Crippen LogP contribution in [0.15, 0.2) is 89.5 Å². The number of Topliss-reactive ketones (excluding diaryl/α,β-unsaturated/α-hetero) is 1. The number of amides is 1. The molecule has 1 aliphatic heterocycles. The van der Waals surface area contributed by atoms with Crippen LogP contribution in [-0.2, 0) is 17.6 Å². The molecule has 9 heteroatoms. The second-order valence-electron chi connectivity index (χ2n) is 10.9. The molecule has 3 aromatic carbocycles. The van der Waals surface area contributed by atoms with Gasteiger partial charge in [0.2, 0.25) is 11.7 Å². The number of aromatic nitrogens is 1. The van der Waals surface area contributed by atoms with Gasteiger partial charge in [-0.15, -0.1) is 0 Å². The predicted octanol–water partition coefficient (Wildman–Crippen LogP) is 5.96. The standard InChI is InChI=1S/C35H30FN3O5/c1-22-29-19-25(24-6-4-7-27(36)18-24)10-11-31(29)44-34(22)30(40)17-23-9-12-32(37-21-23)38-13-15-39(16-14-38)33(41)20-26-5-2-3-8-28(26)35(42)43/h2-12,18-19,21H,13-17,20H2,1H3,(H,42,43). The van der Waals surface area contributed by atoms with E-state index in [1.807, 2.05) is 37.3 Å². The molecular formula is C35H30FN3O5. The average Bonchev–Trinajstić information content (AvgIpc) is 3.37. The molecule has 8 nitrogen and oxygen atoms in total. The molecular weight excluding hydrogens is 561 g/mol. The van der Waals surface area contributed by atoms with Crippen LogP contribution in [-0.4, -0.2) is 58.8 Å². The number of halogens is 1. The van der Waals surface area contributed by atoms with Crippen LogP contribution in [0.25, 0.3) is 22.1 Å². The number of benzene rings is 3. The first-order chi connectivity index (χ1) is 21.3. The highest BCUT2D eigenvalue weighted by Gasteiger charge is 2.24. The van der Waals surface area contributed by atoms with Crippen molar-refractivity contribution in [2.75, 3.05) is 31.1 Å². The highest BCUT2D eigenvalue weighted by molar-refractivity contribution is 6.02. The Morgan fingerprint density at radius 1 is 0.886 bits per heavy atom. The lowest BCUT2D eigenvalue weighted by molar-refractivity contribution is -0.130. The fourth-order valence-corrected chi connectivity index (χ4v) is 5.65. The Morgan fingerprint density at radius 2 is 1.66 bits per heavy atom. The summed E-state index contributed by atoms with van der Waals surface area (Å²) in [5.74, 6) is -0.556. The van der Waals surface area contributed by atoms with E-state index in [-0.39, 0.29) is 35.9 Å². The number of pyridine rings is 1. The third-order valence-electron chi connectivity index (χ3n) is 8.07. The number of hydrogen-bond donors (Lipinski definition) is 1. The molecule has 0 bridgehead atoms.